The number of nitriles is 1. The number of carbonyl (C=O) groups excluding carboxylic acids is 1. The molecule has 0 unspecified atom stereocenters. The summed E-state index contributed by atoms with van der Waals surface area (Å²) < 4.78 is 5.59. The minimum absolute atomic E-state index is 0.306. The molecular formula is C15H13N3O2. The quantitative estimate of drug-likeness (QED) is 0.501. The summed E-state index contributed by atoms with van der Waals surface area (Å²) >= 11 is 0. The zero-order chi connectivity index (χ0) is 14.4. The lowest BCUT2D eigenvalue weighted by atomic mass is 10.1. The maximum Gasteiger partial charge on any atom is 0.265 e. The molecule has 1 amide bonds. The molecule has 20 heavy (non-hydrogen) atoms. The Balaban J connectivity index is 2.07. The van der Waals surface area contributed by atoms with Crippen molar-refractivity contribution in [1.82, 2.24) is 5.43 Å². The molecule has 0 radical (unpaired) electrons. The molecule has 0 saturated carbocycles. The van der Waals surface area contributed by atoms with Crippen LogP contribution in [0.2, 0.25) is 0 Å². The van der Waals surface area contributed by atoms with Crippen LogP contribution in [0.1, 0.15) is 21.5 Å². The maximum atomic E-state index is 11.4. The highest BCUT2D eigenvalue weighted by Crippen LogP contribution is 2.15. The Morgan fingerprint density at radius 3 is 2.80 bits per heavy atom. The van der Waals surface area contributed by atoms with Crippen LogP contribution >= 0.6 is 0 Å². The monoisotopic (exact) mass is 267 g/mol. The van der Waals surface area contributed by atoms with E-state index in [1.807, 2.05) is 6.07 Å². The number of hydrogen-bond donors (Lipinski definition) is 2. The summed E-state index contributed by atoms with van der Waals surface area (Å²) in [5.41, 5.74) is 3.93. The summed E-state index contributed by atoms with van der Waals surface area (Å²) in [6.07, 6.45) is 0. The van der Waals surface area contributed by atoms with Gasteiger partial charge in [-0.1, -0.05) is 18.2 Å². The molecule has 0 aromatic heterocycles. The number of hydrogen-bond acceptors (Lipinski definition) is 4. The van der Waals surface area contributed by atoms with E-state index in [9.17, 15) is 4.79 Å². The van der Waals surface area contributed by atoms with Crippen LogP contribution in [0, 0.1) is 11.3 Å². The van der Waals surface area contributed by atoms with Gasteiger partial charge in [0, 0.05) is 5.56 Å². The third kappa shape index (κ3) is 3.34. The number of hydrazine groups is 1. The molecule has 100 valence electrons. The minimum atomic E-state index is -0.349. The molecule has 2 aromatic carbocycles. The second kappa shape index (κ2) is 6.36. The van der Waals surface area contributed by atoms with Gasteiger partial charge in [-0.25, -0.2) is 5.84 Å². The molecule has 0 aliphatic rings. The lowest BCUT2D eigenvalue weighted by Gasteiger charge is -2.07. The van der Waals surface area contributed by atoms with Crippen LogP contribution in [0.15, 0.2) is 48.5 Å². The number of benzene rings is 2. The summed E-state index contributed by atoms with van der Waals surface area (Å²) in [6.45, 7) is 0.306. The van der Waals surface area contributed by atoms with Gasteiger partial charge in [0.25, 0.3) is 5.91 Å². The third-order valence-corrected chi connectivity index (χ3v) is 2.69. The largest absolute Gasteiger partial charge is 0.489 e. The van der Waals surface area contributed by atoms with Gasteiger partial charge in [-0.3, -0.25) is 10.2 Å². The maximum absolute atomic E-state index is 11.4. The number of nitrogens with one attached hydrogen (secondary N) is 1. The first kappa shape index (κ1) is 13.6. The molecule has 2 aromatic rings. The number of nitrogen functional groups attached to an aromatic ring is 1. The van der Waals surface area contributed by atoms with Crippen LogP contribution in [-0.2, 0) is 6.61 Å². The Morgan fingerprint density at radius 1 is 1.25 bits per heavy atom. The van der Waals surface area contributed by atoms with E-state index in [0.717, 1.165) is 5.56 Å². The zero-order valence-corrected chi connectivity index (χ0v) is 10.7. The van der Waals surface area contributed by atoms with Gasteiger partial charge >= 0.3 is 0 Å². The van der Waals surface area contributed by atoms with E-state index < -0.39 is 0 Å². The lowest BCUT2D eigenvalue weighted by molar-refractivity contribution is 0.0953. The molecule has 3 N–H and O–H groups in total. The predicted octanol–water partition coefficient (Wildman–Crippen LogP) is 1.74. The summed E-state index contributed by atoms with van der Waals surface area (Å²) in [7, 11) is 0. The molecule has 0 bridgehead atoms. The van der Waals surface area contributed by atoms with E-state index in [0.29, 0.717) is 23.5 Å². The van der Waals surface area contributed by atoms with E-state index in [1.54, 1.807) is 42.5 Å². The Morgan fingerprint density at radius 2 is 2.05 bits per heavy atom. The van der Waals surface area contributed by atoms with Gasteiger partial charge in [-0.15, -0.1) is 0 Å². The molecular weight excluding hydrogens is 254 g/mol. The van der Waals surface area contributed by atoms with E-state index >= 15 is 0 Å². The summed E-state index contributed by atoms with van der Waals surface area (Å²) in [5.74, 6) is 5.35. The summed E-state index contributed by atoms with van der Waals surface area (Å²) in [5, 5.41) is 8.81. The number of ether oxygens (including phenoxy) is 1. The van der Waals surface area contributed by atoms with Crippen molar-refractivity contribution < 1.29 is 9.53 Å². The average molecular weight is 267 g/mol. The van der Waals surface area contributed by atoms with Crippen molar-refractivity contribution in [1.29, 1.82) is 5.26 Å². The fourth-order valence-electron chi connectivity index (χ4n) is 1.71. The first-order valence-electron chi connectivity index (χ1n) is 5.96. The molecule has 0 saturated heterocycles. The fourth-order valence-corrected chi connectivity index (χ4v) is 1.71. The second-order valence-corrected chi connectivity index (χ2v) is 4.10. The van der Waals surface area contributed by atoms with Gasteiger partial charge in [-0.05, 0) is 35.9 Å². The van der Waals surface area contributed by atoms with Gasteiger partial charge < -0.3 is 4.74 Å². The second-order valence-electron chi connectivity index (χ2n) is 4.10. The topological polar surface area (TPSA) is 88.1 Å². The van der Waals surface area contributed by atoms with Crippen LogP contribution in [0.5, 0.6) is 5.75 Å². The highest BCUT2D eigenvalue weighted by molar-refractivity contribution is 5.93. The standard InChI is InChI=1S/C15H13N3O2/c16-9-11-3-2-6-14(8-11)20-10-12-4-1-5-13(7-12)15(19)18-17/h1-8H,10,17H2,(H,18,19). The number of carbonyl (C=O) groups is 1. The van der Waals surface area contributed by atoms with Crippen molar-refractivity contribution >= 4 is 5.91 Å². The van der Waals surface area contributed by atoms with Crippen LogP contribution in [0.3, 0.4) is 0 Å². The molecule has 5 nitrogen and oxygen atoms in total. The first-order valence-corrected chi connectivity index (χ1v) is 5.96. The van der Waals surface area contributed by atoms with Crippen LogP contribution < -0.4 is 16.0 Å². The van der Waals surface area contributed by atoms with Crippen molar-refractivity contribution in [2.24, 2.45) is 5.84 Å². The molecule has 0 aliphatic heterocycles. The summed E-state index contributed by atoms with van der Waals surface area (Å²) in [6, 6.07) is 15.9. The van der Waals surface area contributed by atoms with E-state index in [1.165, 1.54) is 0 Å². The van der Waals surface area contributed by atoms with Crippen molar-refractivity contribution in [3.05, 3.63) is 65.2 Å². The normalized spacial score (nSPS) is 9.60. The number of nitrogens with zero attached hydrogens (tertiary/aromatic N) is 1. The van der Waals surface area contributed by atoms with Crippen LogP contribution in [0.25, 0.3) is 0 Å². The van der Waals surface area contributed by atoms with Crippen molar-refractivity contribution in [2.75, 3.05) is 0 Å². The van der Waals surface area contributed by atoms with Crippen LogP contribution in [0.4, 0.5) is 0 Å². The highest BCUT2D eigenvalue weighted by Gasteiger charge is 2.04. The zero-order valence-electron chi connectivity index (χ0n) is 10.7. The number of nitrogens with two attached hydrogens (primary N) is 1. The Labute approximate surface area is 116 Å². The first-order chi connectivity index (χ1) is 9.72. The average Bonchev–Trinajstić information content (AvgIpc) is 2.52. The molecule has 2 rings (SSSR count). The van der Waals surface area contributed by atoms with Gasteiger partial charge in [-0.2, -0.15) is 5.26 Å². The van der Waals surface area contributed by atoms with E-state index in [4.69, 9.17) is 15.8 Å². The molecule has 0 aliphatic carbocycles. The SMILES string of the molecule is N#Cc1cccc(OCc2cccc(C(=O)NN)c2)c1. The number of rotatable bonds is 4. The van der Waals surface area contributed by atoms with Crippen molar-refractivity contribution in [3.8, 4) is 11.8 Å². The minimum Gasteiger partial charge on any atom is -0.489 e. The molecule has 5 heteroatoms. The molecule has 0 spiro atoms. The van der Waals surface area contributed by atoms with Gasteiger partial charge in [0.15, 0.2) is 0 Å². The molecule has 0 fully saturated rings. The van der Waals surface area contributed by atoms with Crippen molar-refractivity contribution in [3.63, 3.8) is 0 Å². The Bertz CT molecular complexity index is 662. The molecule has 0 atom stereocenters. The number of amides is 1. The van der Waals surface area contributed by atoms with Crippen LogP contribution in [-0.4, -0.2) is 5.91 Å². The van der Waals surface area contributed by atoms with Gasteiger partial charge in [0.05, 0.1) is 11.6 Å². The fraction of sp³-hybridized carbons (Fsp3) is 0.0667. The molecule has 0 heterocycles. The third-order valence-electron chi connectivity index (χ3n) is 2.69. The van der Waals surface area contributed by atoms with Gasteiger partial charge in [0.2, 0.25) is 0 Å². The van der Waals surface area contributed by atoms with Gasteiger partial charge in [0.1, 0.15) is 12.4 Å². The highest BCUT2D eigenvalue weighted by atomic mass is 16.5. The Hall–Kier alpha value is -2.84. The smallest absolute Gasteiger partial charge is 0.265 e. The Kier molecular flexibility index (Phi) is 4.32. The summed E-state index contributed by atoms with van der Waals surface area (Å²) in [4.78, 5) is 11.4. The van der Waals surface area contributed by atoms with E-state index in [2.05, 4.69) is 11.5 Å². The van der Waals surface area contributed by atoms with E-state index in [-0.39, 0.29) is 5.91 Å². The predicted molar refractivity (Wildman–Crippen MR) is 73.6 cm³/mol. The van der Waals surface area contributed by atoms with Crippen molar-refractivity contribution in [2.45, 2.75) is 6.61 Å². The lowest BCUT2D eigenvalue weighted by Crippen LogP contribution is -2.30.